The third-order valence-corrected chi connectivity index (χ3v) is 2.91. The van der Waals surface area contributed by atoms with E-state index in [0.29, 0.717) is 11.3 Å². The van der Waals surface area contributed by atoms with Crippen molar-refractivity contribution in [2.45, 2.75) is 25.0 Å². The summed E-state index contributed by atoms with van der Waals surface area (Å²) in [6.07, 6.45) is 0.0351. The number of carbonyl (C=O) groups is 1. The second kappa shape index (κ2) is 4.00. The minimum absolute atomic E-state index is 0.225. The van der Waals surface area contributed by atoms with Gasteiger partial charge in [0.25, 0.3) is 0 Å². The zero-order chi connectivity index (χ0) is 12.6. The molecule has 2 rings (SSSR count). The first kappa shape index (κ1) is 11.9. The molecule has 0 bridgehead atoms. The Kier molecular flexibility index (Phi) is 2.79. The largest absolute Gasteiger partial charge is 0.490 e. The Balaban J connectivity index is 2.56. The fourth-order valence-corrected chi connectivity index (χ4v) is 2.15. The van der Waals surface area contributed by atoms with Crippen molar-refractivity contribution in [2.75, 3.05) is 7.11 Å². The fourth-order valence-electron chi connectivity index (χ4n) is 2.15. The van der Waals surface area contributed by atoms with Crippen molar-refractivity contribution in [2.24, 2.45) is 5.73 Å². The number of hydrogen-bond acceptors (Lipinski definition) is 4. The van der Waals surface area contributed by atoms with Crippen LogP contribution in [0.3, 0.4) is 0 Å². The third kappa shape index (κ3) is 1.86. The van der Waals surface area contributed by atoms with E-state index in [0.717, 1.165) is 0 Å². The van der Waals surface area contributed by atoms with Crippen LogP contribution in [0.1, 0.15) is 18.9 Å². The standard InChI is InChI=1S/C12H14FNO3/c1-7-6-12(14,11(15)16-2)9-5-8(13)3-4-10(9)17-7/h3-5,7H,6,14H2,1-2H3/t7-,12+/m1/s1. The molecule has 0 radical (unpaired) electrons. The van der Waals surface area contributed by atoms with Crippen LogP contribution in [-0.4, -0.2) is 19.2 Å². The van der Waals surface area contributed by atoms with Crippen molar-refractivity contribution >= 4 is 5.97 Å². The first-order valence-electron chi connectivity index (χ1n) is 5.31. The third-order valence-electron chi connectivity index (χ3n) is 2.91. The summed E-state index contributed by atoms with van der Waals surface area (Å²) in [6, 6.07) is 3.97. The van der Waals surface area contributed by atoms with E-state index in [1.807, 2.05) is 0 Å². The van der Waals surface area contributed by atoms with E-state index in [1.165, 1.54) is 25.3 Å². The van der Waals surface area contributed by atoms with Gasteiger partial charge >= 0.3 is 5.97 Å². The average molecular weight is 239 g/mol. The molecule has 1 aliphatic rings. The molecule has 4 nitrogen and oxygen atoms in total. The highest BCUT2D eigenvalue weighted by Crippen LogP contribution is 2.38. The van der Waals surface area contributed by atoms with Gasteiger partial charge in [-0.1, -0.05) is 0 Å². The maximum absolute atomic E-state index is 13.2. The number of rotatable bonds is 1. The Morgan fingerprint density at radius 3 is 3.00 bits per heavy atom. The summed E-state index contributed by atoms with van der Waals surface area (Å²) in [7, 11) is 1.26. The minimum atomic E-state index is -1.34. The van der Waals surface area contributed by atoms with Crippen LogP contribution in [0.15, 0.2) is 18.2 Å². The highest BCUT2D eigenvalue weighted by molar-refractivity contribution is 5.83. The van der Waals surface area contributed by atoms with Gasteiger partial charge in [0.1, 0.15) is 17.1 Å². The summed E-state index contributed by atoms with van der Waals surface area (Å²) in [5, 5.41) is 0. The number of esters is 1. The van der Waals surface area contributed by atoms with Gasteiger partial charge in [-0.15, -0.1) is 0 Å². The molecule has 0 saturated heterocycles. The summed E-state index contributed by atoms with van der Waals surface area (Å²) in [5.74, 6) is -0.613. The number of methoxy groups -OCH3 is 1. The lowest BCUT2D eigenvalue weighted by Gasteiger charge is -2.36. The smallest absolute Gasteiger partial charge is 0.330 e. The van der Waals surface area contributed by atoms with E-state index in [9.17, 15) is 9.18 Å². The summed E-state index contributed by atoms with van der Waals surface area (Å²) in [4.78, 5) is 11.8. The molecular formula is C12H14FNO3. The van der Waals surface area contributed by atoms with E-state index in [4.69, 9.17) is 15.2 Å². The van der Waals surface area contributed by atoms with Crippen LogP contribution in [0.5, 0.6) is 5.75 Å². The van der Waals surface area contributed by atoms with Crippen LogP contribution in [0.25, 0.3) is 0 Å². The Bertz CT molecular complexity index is 463. The predicted molar refractivity (Wildman–Crippen MR) is 59.0 cm³/mol. The lowest BCUT2D eigenvalue weighted by atomic mass is 9.83. The molecule has 0 amide bonds. The van der Waals surface area contributed by atoms with E-state index in [2.05, 4.69) is 0 Å². The molecule has 0 aromatic heterocycles. The Morgan fingerprint density at radius 1 is 1.65 bits per heavy atom. The van der Waals surface area contributed by atoms with Gasteiger partial charge in [0.05, 0.1) is 13.2 Å². The number of nitrogens with two attached hydrogens (primary N) is 1. The highest BCUT2D eigenvalue weighted by atomic mass is 19.1. The predicted octanol–water partition coefficient (Wildman–Crippen LogP) is 1.32. The zero-order valence-electron chi connectivity index (χ0n) is 9.70. The molecule has 1 aromatic rings. The summed E-state index contributed by atoms with van der Waals surface area (Å²) >= 11 is 0. The van der Waals surface area contributed by atoms with E-state index in [1.54, 1.807) is 6.92 Å². The van der Waals surface area contributed by atoms with Crippen molar-refractivity contribution < 1.29 is 18.7 Å². The SMILES string of the molecule is COC(=O)[C@]1(N)C[C@@H](C)Oc2ccc(F)cc21. The average Bonchev–Trinajstić information content (AvgIpc) is 2.29. The Morgan fingerprint density at radius 2 is 2.35 bits per heavy atom. The van der Waals surface area contributed by atoms with Gasteiger partial charge in [0, 0.05) is 12.0 Å². The van der Waals surface area contributed by atoms with Gasteiger partial charge in [-0.05, 0) is 25.1 Å². The van der Waals surface area contributed by atoms with Crippen LogP contribution in [0.2, 0.25) is 0 Å². The maximum Gasteiger partial charge on any atom is 0.330 e. The topological polar surface area (TPSA) is 61.5 Å². The molecule has 92 valence electrons. The van der Waals surface area contributed by atoms with Crippen molar-refractivity contribution in [3.8, 4) is 5.75 Å². The van der Waals surface area contributed by atoms with E-state index < -0.39 is 17.3 Å². The molecule has 0 fully saturated rings. The van der Waals surface area contributed by atoms with Gasteiger partial charge in [-0.25, -0.2) is 9.18 Å². The number of halogens is 1. The molecule has 1 heterocycles. The van der Waals surface area contributed by atoms with E-state index in [-0.39, 0.29) is 12.5 Å². The molecule has 2 atom stereocenters. The van der Waals surface area contributed by atoms with Gasteiger partial charge in [0.15, 0.2) is 0 Å². The number of hydrogen-bond donors (Lipinski definition) is 1. The molecule has 0 unspecified atom stereocenters. The molecule has 17 heavy (non-hydrogen) atoms. The normalized spacial score (nSPS) is 26.9. The molecule has 0 spiro atoms. The number of benzene rings is 1. The summed E-state index contributed by atoms with van der Waals surface area (Å²) < 4.78 is 23.5. The highest BCUT2D eigenvalue weighted by Gasteiger charge is 2.44. The van der Waals surface area contributed by atoms with E-state index >= 15 is 0 Å². The number of carbonyl (C=O) groups excluding carboxylic acids is 1. The molecule has 5 heteroatoms. The first-order chi connectivity index (χ1) is 7.97. The molecule has 0 saturated carbocycles. The Hall–Kier alpha value is -1.62. The lowest BCUT2D eigenvalue weighted by molar-refractivity contribution is -0.149. The molecular weight excluding hydrogens is 225 g/mol. The first-order valence-corrected chi connectivity index (χ1v) is 5.31. The van der Waals surface area contributed by atoms with Crippen LogP contribution >= 0.6 is 0 Å². The van der Waals surface area contributed by atoms with Crippen molar-refractivity contribution in [1.82, 2.24) is 0 Å². The van der Waals surface area contributed by atoms with Crippen molar-refractivity contribution in [3.63, 3.8) is 0 Å². The summed E-state index contributed by atoms with van der Waals surface area (Å²) in [5.41, 5.74) is 5.06. The second-order valence-electron chi connectivity index (χ2n) is 4.24. The molecule has 1 aliphatic heterocycles. The van der Waals surface area contributed by atoms with Gasteiger partial charge in [-0.2, -0.15) is 0 Å². The maximum atomic E-state index is 13.2. The molecule has 1 aromatic carbocycles. The summed E-state index contributed by atoms with van der Waals surface area (Å²) in [6.45, 7) is 1.80. The van der Waals surface area contributed by atoms with Crippen LogP contribution in [-0.2, 0) is 15.1 Å². The fraction of sp³-hybridized carbons (Fsp3) is 0.417. The minimum Gasteiger partial charge on any atom is -0.490 e. The second-order valence-corrected chi connectivity index (χ2v) is 4.24. The van der Waals surface area contributed by atoms with Crippen molar-refractivity contribution in [1.29, 1.82) is 0 Å². The van der Waals surface area contributed by atoms with Crippen LogP contribution in [0, 0.1) is 5.82 Å². The zero-order valence-corrected chi connectivity index (χ0v) is 9.70. The number of ether oxygens (including phenoxy) is 2. The quantitative estimate of drug-likeness (QED) is 0.751. The van der Waals surface area contributed by atoms with Crippen LogP contribution < -0.4 is 10.5 Å². The van der Waals surface area contributed by atoms with Gasteiger partial charge in [-0.3, -0.25) is 0 Å². The van der Waals surface area contributed by atoms with Gasteiger partial charge in [0.2, 0.25) is 0 Å². The van der Waals surface area contributed by atoms with Gasteiger partial charge < -0.3 is 15.2 Å². The lowest BCUT2D eigenvalue weighted by Crippen LogP contribution is -2.51. The molecule has 2 N–H and O–H groups in total. The monoisotopic (exact) mass is 239 g/mol. The van der Waals surface area contributed by atoms with Crippen molar-refractivity contribution in [3.05, 3.63) is 29.6 Å². The Labute approximate surface area is 98.5 Å². The van der Waals surface area contributed by atoms with Crippen LogP contribution in [0.4, 0.5) is 4.39 Å². The molecule has 0 aliphatic carbocycles. The number of fused-ring (bicyclic) bond motifs is 1.